The number of rotatable bonds is 6. The number of anilines is 1. The van der Waals surface area contributed by atoms with Crippen molar-refractivity contribution < 1.29 is 14.1 Å². The molecule has 3 rings (SSSR count). The zero-order valence-corrected chi connectivity index (χ0v) is 15.2. The summed E-state index contributed by atoms with van der Waals surface area (Å²) in [6.45, 7) is 0.210. The Hall–Kier alpha value is -2.85. The topological polar surface area (TPSA) is 42.2 Å². The van der Waals surface area contributed by atoms with Crippen molar-refractivity contribution in [2.75, 3.05) is 12.4 Å². The van der Waals surface area contributed by atoms with E-state index in [2.05, 4.69) is 17.4 Å². The maximum atomic E-state index is 12.3. The van der Waals surface area contributed by atoms with Crippen LogP contribution in [0.2, 0.25) is 5.02 Å². The van der Waals surface area contributed by atoms with Crippen LogP contribution in [0.4, 0.5) is 5.69 Å². The van der Waals surface area contributed by atoms with Crippen molar-refractivity contribution >= 4 is 23.2 Å². The van der Waals surface area contributed by atoms with E-state index in [9.17, 15) is 4.79 Å². The Bertz CT molecular complexity index is 880. The fourth-order valence-corrected chi connectivity index (χ4v) is 2.85. The van der Waals surface area contributed by atoms with Crippen molar-refractivity contribution in [3.8, 4) is 5.75 Å². The van der Waals surface area contributed by atoms with Crippen molar-refractivity contribution in [3.63, 3.8) is 0 Å². The molecule has 26 heavy (non-hydrogen) atoms. The Morgan fingerprint density at radius 2 is 1.73 bits per heavy atom. The van der Waals surface area contributed by atoms with E-state index in [1.807, 2.05) is 47.3 Å². The lowest BCUT2D eigenvalue weighted by Gasteiger charge is -2.09. The van der Waals surface area contributed by atoms with Crippen molar-refractivity contribution in [1.29, 1.82) is 0 Å². The van der Waals surface area contributed by atoms with E-state index in [-0.39, 0.29) is 12.5 Å². The number of amides is 1. The first-order valence-electron chi connectivity index (χ1n) is 8.29. The molecule has 0 bridgehead atoms. The predicted octanol–water partition coefficient (Wildman–Crippen LogP) is 3.87. The third kappa shape index (κ3) is 4.83. The second kappa shape index (κ2) is 8.50. The van der Waals surface area contributed by atoms with Crippen molar-refractivity contribution in [2.24, 2.45) is 0 Å². The maximum Gasteiger partial charge on any atom is 0.290 e. The van der Waals surface area contributed by atoms with E-state index in [0.717, 1.165) is 6.42 Å². The van der Waals surface area contributed by atoms with E-state index in [0.29, 0.717) is 16.5 Å². The molecule has 5 heteroatoms. The number of carbonyl (C=O) groups is 1. The average molecular weight is 368 g/mol. The molecule has 0 saturated heterocycles. The van der Waals surface area contributed by atoms with Gasteiger partial charge in [0.1, 0.15) is 5.75 Å². The third-order valence-corrected chi connectivity index (χ3v) is 4.21. The number of pyridine rings is 1. The smallest absolute Gasteiger partial charge is 0.290 e. The van der Waals surface area contributed by atoms with Gasteiger partial charge in [0.2, 0.25) is 6.54 Å². The van der Waals surface area contributed by atoms with Gasteiger partial charge in [0.05, 0.1) is 12.8 Å². The van der Waals surface area contributed by atoms with Crippen LogP contribution in [0, 0.1) is 0 Å². The van der Waals surface area contributed by atoms with Crippen LogP contribution >= 0.6 is 11.6 Å². The lowest BCUT2D eigenvalue weighted by molar-refractivity contribution is -0.684. The highest BCUT2D eigenvalue weighted by molar-refractivity contribution is 6.31. The Kier molecular flexibility index (Phi) is 5.87. The number of ether oxygens (including phenoxy) is 1. The normalized spacial score (nSPS) is 10.4. The summed E-state index contributed by atoms with van der Waals surface area (Å²) in [5.41, 5.74) is 3.02. The molecule has 0 saturated carbocycles. The van der Waals surface area contributed by atoms with Gasteiger partial charge < -0.3 is 10.1 Å². The summed E-state index contributed by atoms with van der Waals surface area (Å²) in [6, 6.07) is 19.5. The molecule has 0 aliphatic rings. The SMILES string of the molecule is COc1ccc(Cl)cc1NC(=O)C[n+]1ccc(Cc2ccccc2)cc1. The summed E-state index contributed by atoms with van der Waals surface area (Å²) in [5, 5.41) is 3.38. The Morgan fingerprint density at radius 1 is 1.04 bits per heavy atom. The molecule has 0 atom stereocenters. The number of benzene rings is 2. The zero-order valence-electron chi connectivity index (χ0n) is 14.5. The summed E-state index contributed by atoms with van der Waals surface area (Å²) in [5.74, 6) is 0.428. The lowest BCUT2D eigenvalue weighted by Crippen LogP contribution is -2.39. The molecule has 0 unspecified atom stereocenters. The van der Waals surface area contributed by atoms with Gasteiger partial charge in [-0.05, 0) is 35.7 Å². The molecule has 1 aromatic heterocycles. The first-order valence-corrected chi connectivity index (χ1v) is 8.67. The second-order valence-electron chi connectivity index (χ2n) is 5.93. The highest BCUT2D eigenvalue weighted by Crippen LogP contribution is 2.27. The quantitative estimate of drug-likeness (QED) is 0.672. The largest absolute Gasteiger partial charge is 0.495 e. The van der Waals surface area contributed by atoms with Crippen LogP contribution in [0.1, 0.15) is 11.1 Å². The zero-order chi connectivity index (χ0) is 18.4. The van der Waals surface area contributed by atoms with Crippen LogP contribution in [-0.4, -0.2) is 13.0 Å². The number of methoxy groups -OCH3 is 1. The second-order valence-corrected chi connectivity index (χ2v) is 6.37. The molecule has 2 aromatic carbocycles. The summed E-state index contributed by atoms with van der Waals surface area (Å²) in [7, 11) is 1.55. The number of hydrogen-bond acceptors (Lipinski definition) is 2. The van der Waals surface area contributed by atoms with E-state index < -0.39 is 0 Å². The van der Waals surface area contributed by atoms with Gasteiger partial charge in [-0.1, -0.05) is 41.9 Å². The molecule has 132 valence electrons. The van der Waals surface area contributed by atoms with Gasteiger partial charge in [-0.15, -0.1) is 0 Å². The Balaban J connectivity index is 1.62. The van der Waals surface area contributed by atoms with Crippen LogP contribution in [0.15, 0.2) is 73.1 Å². The molecule has 1 N–H and O–H groups in total. The number of halogens is 1. The van der Waals surface area contributed by atoms with E-state index in [1.165, 1.54) is 11.1 Å². The van der Waals surface area contributed by atoms with E-state index >= 15 is 0 Å². The lowest BCUT2D eigenvalue weighted by atomic mass is 10.1. The number of nitrogens with zero attached hydrogens (tertiary/aromatic N) is 1. The maximum absolute atomic E-state index is 12.3. The Labute approximate surface area is 158 Å². The van der Waals surface area contributed by atoms with Gasteiger partial charge in [-0.2, -0.15) is 4.57 Å². The molecular weight excluding hydrogens is 348 g/mol. The van der Waals surface area contributed by atoms with Gasteiger partial charge in [0.25, 0.3) is 5.91 Å². The van der Waals surface area contributed by atoms with Gasteiger partial charge in [0, 0.05) is 17.2 Å². The Morgan fingerprint density at radius 3 is 2.42 bits per heavy atom. The highest BCUT2D eigenvalue weighted by atomic mass is 35.5. The molecule has 0 spiro atoms. The molecule has 0 fully saturated rings. The average Bonchev–Trinajstić information content (AvgIpc) is 2.64. The number of aromatic nitrogens is 1. The highest BCUT2D eigenvalue weighted by Gasteiger charge is 2.13. The minimum Gasteiger partial charge on any atom is -0.495 e. The molecule has 0 aliphatic heterocycles. The molecule has 1 heterocycles. The van der Waals surface area contributed by atoms with E-state index in [1.54, 1.807) is 25.3 Å². The molecule has 1 amide bonds. The van der Waals surface area contributed by atoms with Gasteiger partial charge in [-0.25, -0.2) is 0 Å². The van der Waals surface area contributed by atoms with Crippen LogP contribution < -0.4 is 14.6 Å². The fourth-order valence-electron chi connectivity index (χ4n) is 2.68. The van der Waals surface area contributed by atoms with Gasteiger partial charge in [0.15, 0.2) is 12.4 Å². The summed E-state index contributed by atoms with van der Waals surface area (Å²) in [4.78, 5) is 12.3. The van der Waals surface area contributed by atoms with Crippen LogP contribution in [0.5, 0.6) is 5.75 Å². The third-order valence-electron chi connectivity index (χ3n) is 3.97. The van der Waals surface area contributed by atoms with Crippen LogP contribution in [0.25, 0.3) is 0 Å². The van der Waals surface area contributed by atoms with Crippen molar-refractivity contribution in [2.45, 2.75) is 13.0 Å². The van der Waals surface area contributed by atoms with Gasteiger partial charge >= 0.3 is 0 Å². The van der Waals surface area contributed by atoms with Gasteiger partial charge in [-0.3, -0.25) is 4.79 Å². The van der Waals surface area contributed by atoms with Crippen LogP contribution in [-0.2, 0) is 17.8 Å². The number of nitrogens with one attached hydrogen (secondary N) is 1. The first kappa shape index (κ1) is 18.0. The van der Waals surface area contributed by atoms with Crippen molar-refractivity contribution in [1.82, 2.24) is 0 Å². The van der Waals surface area contributed by atoms with Crippen LogP contribution in [0.3, 0.4) is 0 Å². The molecule has 3 aromatic rings. The van der Waals surface area contributed by atoms with E-state index in [4.69, 9.17) is 16.3 Å². The minimum absolute atomic E-state index is 0.147. The fraction of sp³-hybridized carbons (Fsp3) is 0.143. The molecule has 0 radical (unpaired) electrons. The minimum atomic E-state index is -0.147. The molecule has 0 aliphatic carbocycles. The molecule has 4 nitrogen and oxygen atoms in total. The first-order chi connectivity index (χ1) is 12.6. The summed E-state index contributed by atoms with van der Waals surface area (Å²) in [6.07, 6.45) is 4.69. The summed E-state index contributed by atoms with van der Waals surface area (Å²) < 4.78 is 7.08. The number of hydrogen-bond donors (Lipinski definition) is 1. The summed E-state index contributed by atoms with van der Waals surface area (Å²) >= 11 is 5.99. The monoisotopic (exact) mass is 367 g/mol. The number of carbonyl (C=O) groups excluding carboxylic acids is 1. The van der Waals surface area contributed by atoms with Crippen molar-refractivity contribution in [3.05, 3.63) is 89.2 Å². The molecular formula is C21H20ClN2O2+. The predicted molar refractivity (Wildman–Crippen MR) is 103 cm³/mol. The standard InChI is InChI=1S/C21H19ClN2O2/c1-26-20-8-7-18(22)14-19(20)23-21(25)15-24-11-9-17(10-12-24)13-16-5-3-2-4-6-16/h2-12,14H,13,15H2,1H3/p+1.